The molecule has 3 aromatic rings. The number of ether oxygens (including phenoxy) is 6. The van der Waals surface area contributed by atoms with E-state index in [1.54, 1.807) is 28.9 Å². The van der Waals surface area contributed by atoms with Gasteiger partial charge in [0.1, 0.15) is 5.69 Å². The van der Waals surface area contributed by atoms with Crippen LogP contribution in [0.4, 0.5) is 16.3 Å². The fourth-order valence-corrected chi connectivity index (χ4v) is 4.47. The van der Waals surface area contributed by atoms with Crippen LogP contribution in [0.25, 0.3) is 11.2 Å². The summed E-state index contributed by atoms with van der Waals surface area (Å²) < 4.78 is 36.1. The van der Waals surface area contributed by atoms with Gasteiger partial charge in [0.05, 0.1) is 85.6 Å². The first-order valence-corrected chi connectivity index (χ1v) is 18.2. The molecule has 43 heavy (non-hydrogen) atoms. The minimum atomic E-state index is -1.20. The molecule has 0 atom stereocenters. The van der Waals surface area contributed by atoms with Gasteiger partial charge in [0.25, 0.3) is 5.88 Å². The summed E-state index contributed by atoms with van der Waals surface area (Å²) in [6.07, 6.45) is 3.04. The summed E-state index contributed by atoms with van der Waals surface area (Å²) in [6, 6.07) is 0.951. The molecule has 1 amide bonds. The maximum atomic E-state index is 11.6. The van der Waals surface area contributed by atoms with Crippen LogP contribution in [0.15, 0.2) is 12.5 Å². The summed E-state index contributed by atoms with van der Waals surface area (Å²) in [6.45, 7) is 11.6. The summed E-state index contributed by atoms with van der Waals surface area (Å²) in [5.41, 5.74) is 1.81. The Bertz CT molecular complexity index is 1270. The van der Waals surface area contributed by atoms with E-state index >= 15 is 0 Å². The number of amides is 1. The van der Waals surface area contributed by atoms with E-state index in [1.807, 2.05) is 7.05 Å². The smallest absolute Gasteiger partial charge is 0.407 e. The Balaban J connectivity index is 1.18. The number of alkyl carbamates (subject to hydrolysis) is 1. The van der Waals surface area contributed by atoms with Crippen molar-refractivity contribution in [1.29, 1.82) is 0 Å². The molecule has 15 nitrogen and oxygen atoms in total. The molecule has 2 N–H and O–H groups in total. The molecule has 240 valence electrons. The van der Waals surface area contributed by atoms with E-state index in [2.05, 4.69) is 50.3 Å². The average molecular weight is 643 g/mol. The van der Waals surface area contributed by atoms with Crippen molar-refractivity contribution in [1.82, 2.24) is 34.6 Å². The minimum absolute atomic E-state index is 0.106. The molecule has 17 heteroatoms. The number of aryl methyl sites for hydroxylation is 1. The van der Waals surface area contributed by atoms with E-state index in [4.69, 9.17) is 40.0 Å². The Morgan fingerprint density at radius 2 is 1.60 bits per heavy atom. The maximum Gasteiger partial charge on any atom is 0.407 e. The van der Waals surface area contributed by atoms with Crippen LogP contribution in [-0.4, -0.2) is 117 Å². The number of hydrogen-bond acceptors (Lipinski definition) is 12. The number of fused-ring (bicyclic) bond motifs is 1. The van der Waals surface area contributed by atoms with Gasteiger partial charge < -0.3 is 43.6 Å². The molecule has 0 saturated carbocycles. The monoisotopic (exact) mass is 642 g/mol. The lowest BCUT2D eigenvalue weighted by Gasteiger charge is -2.15. The van der Waals surface area contributed by atoms with Crippen LogP contribution in [0.2, 0.25) is 31.0 Å². The van der Waals surface area contributed by atoms with Crippen LogP contribution < -0.4 is 15.4 Å². The number of aromatic nitrogens is 6. The highest BCUT2D eigenvalue weighted by Crippen LogP contribution is 2.29. The van der Waals surface area contributed by atoms with Gasteiger partial charge >= 0.3 is 6.09 Å². The number of rotatable bonds is 21. The number of hydrogen-bond donors (Lipinski definition) is 2. The molecule has 0 aromatic carbocycles. The molecule has 3 rings (SSSR count). The predicted molar refractivity (Wildman–Crippen MR) is 164 cm³/mol. The number of carbonyl (C=O) groups excluding carboxylic acids is 1. The fourth-order valence-electron chi connectivity index (χ4n) is 3.60. The Morgan fingerprint density at radius 1 is 0.953 bits per heavy atom. The van der Waals surface area contributed by atoms with Gasteiger partial charge in [-0.3, -0.25) is 4.68 Å². The summed E-state index contributed by atoms with van der Waals surface area (Å²) >= 11 is 6.09. The third kappa shape index (κ3) is 12.6. The second-order valence-corrected chi connectivity index (χ2v) is 16.6. The molecule has 0 spiro atoms. The van der Waals surface area contributed by atoms with Crippen LogP contribution in [0.3, 0.4) is 0 Å². The molecule has 0 unspecified atom stereocenters. The van der Waals surface area contributed by atoms with Crippen molar-refractivity contribution in [3.8, 4) is 5.88 Å². The summed E-state index contributed by atoms with van der Waals surface area (Å²) in [5.74, 6) is 0.856. The van der Waals surface area contributed by atoms with Gasteiger partial charge in [0, 0.05) is 21.7 Å². The number of halogens is 1. The molecule has 3 aromatic heterocycles. The predicted octanol–water partition coefficient (Wildman–Crippen LogP) is 3.10. The summed E-state index contributed by atoms with van der Waals surface area (Å²) in [5, 5.41) is 10.4. The molecule has 0 saturated heterocycles. The Labute approximate surface area is 257 Å². The fraction of sp³-hybridized carbons (Fsp3) is 0.654. The van der Waals surface area contributed by atoms with Crippen molar-refractivity contribution in [3.63, 3.8) is 0 Å². The van der Waals surface area contributed by atoms with Gasteiger partial charge in [0.15, 0.2) is 17.0 Å². The van der Waals surface area contributed by atoms with Crippen molar-refractivity contribution in [3.05, 3.63) is 17.8 Å². The number of imidazole rings is 1. The molecule has 0 aliphatic heterocycles. The minimum Gasteiger partial charge on any atom is -0.478 e. The Hall–Kier alpha value is -3.02. The highest BCUT2D eigenvalue weighted by molar-refractivity contribution is 6.76. The first-order chi connectivity index (χ1) is 20.7. The molecule has 0 bridgehead atoms. The van der Waals surface area contributed by atoms with Gasteiger partial charge in [-0.25, -0.2) is 9.78 Å². The van der Waals surface area contributed by atoms with Gasteiger partial charge in [-0.1, -0.05) is 19.6 Å². The molecular weight excluding hydrogens is 600 g/mol. The van der Waals surface area contributed by atoms with E-state index in [9.17, 15) is 4.79 Å². The van der Waals surface area contributed by atoms with Crippen molar-refractivity contribution >= 4 is 48.4 Å². The molecule has 0 aliphatic rings. The number of nitrogens with one attached hydrogen (secondary N) is 2. The Kier molecular flexibility index (Phi) is 14.4. The lowest BCUT2D eigenvalue weighted by Crippen LogP contribution is -2.30. The van der Waals surface area contributed by atoms with Crippen LogP contribution >= 0.6 is 11.6 Å². The van der Waals surface area contributed by atoms with Crippen molar-refractivity contribution < 1.29 is 33.2 Å². The molecule has 3 heterocycles. The lowest BCUT2D eigenvalue weighted by molar-refractivity contribution is -0.00241. The van der Waals surface area contributed by atoms with Crippen molar-refractivity contribution in [2.24, 2.45) is 7.05 Å². The second-order valence-electron chi connectivity index (χ2n) is 10.6. The highest BCUT2D eigenvalue weighted by Gasteiger charge is 2.16. The van der Waals surface area contributed by atoms with Gasteiger partial charge in [-0.05, 0) is 17.6 Å². The Morgan fingerprint density at radius 3 is 2.26 bits per heavy atom. The van der Waals surface area contributed by atoms with E-state index in [0.717, 1.165) is 6.04 Å². The van der Waals surface area contributed by atoms with Crippen LogP contribution in [0, 0.1) is 0 Å². The maximum absolute atomic E-state index is 11.6. The zero-order valence-corrected chi connectivity index (χ0v) is 27.3. The number of anilines is 2. The average Bonchev–Trinajstić information content (AvgIpc) is 3.52. The van der Waals surface area contributed by atoms with Gasteiger partial charge in [0.2, 0.25) is 5.28 Å². The lowest BCUT2D eigenvalue weighted by atomic mass is 10.4. The van der Waals surface area contributed by atoms with Crippen LogP contribution in [-0.2, 0) is 37.3 Å². The van der Waals surface area contributed by atoms with E-state index < -0.39 is 14.2 Å². The van der Waals surface area contributed by atoms with Gasteiger partial charge in [-0.2, -0.15) is 9.97 Å². The molecule has 0 aliphatic carbocycles. The topological polar surface area (TPSA) is 158 Å². The third-order valence-electron chi connectivity index (χ3n) is 5.89. The second kappa shape index (κ2) is 17.9. The zero-order chi connectivity index (χ0) is 31.1. The number of nitrogens with zero attached hydrogens (tertiary/aromatic N) is 6. The summed E-state index contributed by atoms with van der Waals surface area (Å²) in [7, 11) is 2.17. The van der Waals surface area contributed by atoms with Crippen LogP contribution in [0.1, 0.15) is 0 Å². The van der Waals surface area contributed by atoms with E-state index in [0.29, 0.717) is 101 Å². The van der Waals surface area contributed by atoms with Crippen molar-refractivity contribution in [2.75, 3.05) is 78.4 Å². The van der Waals surface area contributed by atoms with Gasteiger partial charge in [-0.15, -0.1) is 5.10 Å². The van der Waals surface area contributed by atoms with Crippen molar-refractivity contribution in [2.45, 2.75) is 32.2 Å². The first-order valence-electron chi connectivity index (χ1n) is 14.1. The normalized spacial score (nSPS) is 11.7. The quantitative estimate of drug-likeness (QED) is 0.0995. The zero-order valence-electron chi connectivity index (χ0n) is 25.6. The van der Waals surface area contributed by atoms with E-state index in [1.165, 1.54) is 0 Å². The standard InChI is InChI=1S/C26H43ClN8O7Si/c1-34-19-29-21-22(31-25(27)32-23(21)34)30-20-18-35(33-24(20)37-2)7-9-39-11-13-41-15-14-40-12-10-38-8-6-28-26(36)42-16-17-43(3,4)5/h18-19H,6-17H2,1-5H3,(H,28,36)(H,30,31,32). The third-order valence-corrected chi connectivity index (χ3v) is 7.76. The molecular formula is C26H43ClN8O7Si. The summed E-state index contributed by atoms with van der Waals surface area (Å²) in [4.78, 5) is 24.4. The number of methoxy groups -OCH3 is 1. The molecule has 0 fully saturated rings. The molecule has 0 radical (unpaired) electrons. The largest absolute Gasteiger partial charge is 0.478 e. The SMILES string of the molecule is COc1nn(CCOCCOCCOCCOCCNC(=O)OCC[Si](C)(C)C)cc1Nc1nc(Cl)nc2c1ncn2C. The van der Waals surface area contributed by atoms with Crippen LogP contribution in [0.5, 0.6) is 5.88 Å². The van der Waals surface area contributed by atoms with E-state index in [-0.39, 0.29) is 5.28 Å². The number of carbonyl (C=O) groups is 1. The highest BCUT2D eigenvalue weighted by atomic mass is 35.5. The first kappa shape index (κ1) is 34.5.